The van der Waals surface area contributed by atoms with E-state index in [9.17, 15) is 4.79 Å². The molecule has 0 aromatic carbocycles. The van der Waals surface area contributed by atoms with Gasteiger partial charge in [-0.25, -0.2) is 0 Å². The average Bonchev–Trinajstić information content (AvgIpc) is 2.64. The first kappa shape index (κ1) is 12.7. The second-order valence-corrected chi connectivity index (χ2v) is 3.88. The normalized spacial score (nSPS) is 10.4. The van der Waals surface area contributed by atoms with E-state index < -0.39 is 0 Å². The van der Waals surface area contributed by atoms with E-state index in [1.165, 1.54) is 0 Å². The van der Waals surface area contributed by atoms with Crippen molar-refractivity contribution in [3.05, 3.63) is 18.0 Å². The molecule has 16 heavy (non-hydrogen) atoms. The maximum atomic E-state index is 11.7. The largest absolute Gasteiger partial charge is 0.341 e. The Labute approximate surface area is 96.4 Å². The second-order valence-electron chi connectivity index (χ2n) is 3.88. The lowest BCUT2D eigenvalue weighted by molar-refractivity contribution is -0.130. The highest BCUT2D eigenvalue weighted by Gasteiger charge is 2.09. The number of carbonyl (C=O) groups is 1. The molecular formula is C11H20N4O. The third kappa shape index (κ3) is 4.02. The predicted octanol–water partition coefficient (Wildman–Crippen LogP) is 0.378. The van der Waals surface area contributed by atoms with E-state index in [-0.39, 0.29) is 5.91 Å². The number of hydrogen-bond acceptors (Lipinski definition) is 3. The van der Waals surface area contributed by atoms with Gasteiger partial charge in [0.25, 0.3) is 0 Å². The third-order valence-corrected chi connectivity index (χ3v) is 2.37. The Morgan fingerprint density at radius 1 is 1.62 bits per heavy atom. The van der Waals surface area contributed by atoms with Crippen LogP contribution in [-0.4, -0.2) is 40.7 Å². The van der Waals surface area contributed by atoms with Crippen LogP contribution in [0.25, 0.3) is 0 Å². The Morgan fingerprint density at radius 3 is 2.94 bits per heavy atom. The molecule has 1 amide bonds. The van der Waals surface area contributed by atoms with Crippen molar-refractivity contribution in [2.75, 3.05) is 20.1 Å². The van der Waals surface area contributed by atoms with Gasteiger partial charge in [-0.3, -0.25) is 9.48 Å². The van der Waals surface area contributed by atoms with Crippen LogP contribution in [0.4, 0.5) is 0 Å². The molecule has 0 atom stereocenters. The number of nitrogens with zero attached hydrogens (tertiary/aromatic N) is 3. The van der Waals surface area contributed by atoms with Gasteiger partial charge in [0.2, 0.25) is 5.91 Å². The van der Waals surface area contributed by atoms with Crippen molar-refractivity contribution >= 4 is 5.91 Å². The van der Waals surface area contributed by atoms with Gasteiger partial charge in [0.15, 0.2) is 0 Å². The summed E-state index contributed by atoms with van der Waals surface area (Å²) in [4.78, 5) is 13.4. The summed E-state index contributed by atoms with van der Waals surface area (Å²) in [5, 5.41) is 7.21. The molecule has 0 saturated carbocycles. The lowest BCUT2D eigenvalue weighted by Crippen LogP contribution is -2.29. The third-order valence-electron chi connectivity index (χ3n) is 2.37. The minimum atomic E-state index is 0.157. The highest BCUT2D eigenvalue weighted by Crippen LogP contribution is 2.02. The molecule has 0 saturated heterocycles. The molecule has 0 fully saturated rings. The van der Waals surface area contributed by atoms with Crippen molar-refractivity contribution in [1.82, 2.24) is 20.0 Å². The fourth-order valence-corrected chi connectivity index (χ4v) is 1.48. The monoisotopic (exact) mass is 224 g/mol. The number of aromatic nitrogens is 2. The van der Waals surface area contributed by atoms with Gasteiger partial charge in [-0.15, -0.1) is 0 Å². The van der Waals surface area contributed by atoms with Gasteiger partial charge in [-0.1, -0.05) is 6.92 Å². The zero-order valence-corrected chi connectivity index (χ0v) is 10.2. The number of nitrogens with one attached hydrogen (secondary N) is 1. The van der Waals surface area contributed by atoms with Crippen LogP contribution in [0.1, 0.15) is 18.9 Å². The van der Waals surface area contributed by atoms with Gasteiger partial charge < -0.3 is 10.2 Å². The quantitative estimate of drug-likeness (QED) is 0.711. The summed E-state index contributed by atoms with van der Waals surface area (Å²) in [5.74, 6) is 0.157. The molecule has 5 heteroatoms. The first-order valence-electron chi connectivity index (χ1n) is 5.55. The molecular weight excluding hydrogens is 204 g/mol. The second kappa shape index (κ2) is 6.27. The number of aryl methyl sites for hydroxylation is 1. The summed E-state index contributed by atoms with van der Waals surface area (Å²) in [7, 11) is 3.69. The number of carbonyl (C=O) groups excluding carboxylic acids is 1. The Balaban J connectivity index is 2.34. The molecule has 0 radical (unpaired) electrons. The molecule has 1 aromatic heterocycles. The summed E-state index contributed by atoms with van der Waals surface area (Å²) >= 11 is 0. The Morgan fingerprint density at radius 2 is 2.38 bits per heavy atom. The molecule has 0 aliphatic heterocycles. The first-order chi connectivity index (χ1) is 7.63. The zero-order chi connectivity index (χ0) is 12.0. The van der Waals surface area contributed by atoms with Crippen LogP contribution < -0.4 is 5.32 Å². The van der Waals surface area contributed by atoms with E-state index in [1.807, 2.05) is 27.2 Å². The van der Waals surface area contributed by atoms with Gasteiger partial charge in [0.1, 0.15) is 0 Å². The first-order valence-corrected chi connectivity index (χ1v) is 5.55. The van der Waals surface area contributed by atoms with Crippen molar-refractivity contribution in [2.45, 2.75) is 19.9 Å². The Kier molecular flexibility index (Phi) is 4.98. The fraction of sp³-hybridized carbons (Fsp3) is 0.636. The van der Waals surface area contributed by atoms with Gasteiger partial charge in [-0.2, -0.15) is 5.10 Å². The van der Waals surface area contributed by atoms with Crippen molar-refractivity contribution in [2.24, 2.45) is 7.05 Å². The standard InChI is InChI=1S/C11H20N4O/c1-4-12-6-5-11(16)14(2)8-10-7-13-15(3)9-10/h7,9,12H,4-6,8H2,1-3H3. The minimum absolute atomic E-state index is 0.157. The SMILES string of the molecule is CCNCCC(=O)N(C)Cc1cnn(C)c1. The van der Waals surface area contributed by atoms with E-state index in [2.05, 4.69) is 10.4 Å². The van der Waals surface area contributed by atoms with E-state index in [4.69, 9.17) is 0 Å². The summed E-state index contributed by atoms with van der Waals surface area (Å²) < 4.78 is 1.74. The van der Waals surface area contributed by atoms with Gasteiger partial charge in [0.05, 0.1) is 6.20 Å². The van der Waals surface area contributed by atoms with E-state index in [1.54, 1.807) is 15.8 Å². The average molecular weight is 224 g/mol. The molecule has 0 unspecified atom stereocenters. The van der Waals surface area contributed by atoms with Crippen molar-refractivity contribution in [3.8, 4) is 0 Å². The number of amides is 1. The van der Waals surface area contributed by atoms with Crippen LogP contribution in [0, 0.1) is 0 Å². The van der Waals surface area contributed by atoms with Gasteiger partial charge in [-0.05, 0) is 6.54 Å². The van der Waals surface area contributed by atoms with E-state index in [0.717, 1.165) is 18.7 Å². The molecule has 1 N–H and O–H groups in total. The minimum Gasteiger partial charge on any atom is -0.341 e. The van der Waals surface area contributed by atoms with Crippen LogP contribution in [-0.2, 0) is 18.4 Å². The van der Waals surface area contributed by atoms with Crippen LogP contribution >= 0.6 is 0 Å². The molecule has 0 spiro atoms. The lowest BCUT2D eigenvalue weighted by atomic mass is 10.3. The number of rotatable bonds is 6. The summed E-state index contributed by atoms with van der Waals surface area (Å²) in [6.07, 6.45) is 4.26. The van der Waals surface area contributed by atoms with Gasteiger partial charge in [0, 0.05) is 45.4 Å². The molecule has 0 bridgehead atoms. The topological polar surface area (TPSA) is 50.2 Å². The van der Waals surface area contributed by atoms with Crippen LogP contribution in [0.3, 0.4) is 0 Å². The molecule has 0 aliphatic rings. The molecule has 90 valence electrons. The molecule has 1 rings (SSSR count). The lowest BCUT2D eigenvalue weighted by Gasteiger charge is -2.16. The molecule has 1 aromatic rings. The maximum absolute atomic E-state index is 11.7. The van der Waals surface area contributed by atoms with Gasteiger partial charge >= 0.3 is 0 Å². The van der Waals surface area contributed by atoms with Crippen molar-refractivity contribution < 1.29 is 4.79 Å². The van der Waals surface area contributed by atoms with Crippen LogP contribution in [0.5, 0.6) is 0 Å². The Hall–Kier alpha value is -1.36. The summed E-state index contributed by atoms with van der Waals surface area (Å²) in [5.41, 5.74) is 1.06. The summed E-state index contributed by atoms with van der Waals surface area (Å²) in [6.45, 7) is 4.30. The predicted molar refractivity (Wildman–Crippen MR) is 62.8 cm³/mol. The molecule has 1 heterocycles. The highest BCUT2D eigenvalue weighted by atomic mass is 16.2. The fourth-order valence-electron chi connectivity index (χ4n) is 1.48. The van der Waals surface area contributed by atoms with Crippen LogP contribution in [0.2, 0.25) is 0 Å². The summed E-state index contributed by atoms with van der Waals surface area (Å²) in [6, 6.07) is 0. The van der Waals surface area contributed by atoms with Crippen LogP contribution in [0.15, 0.2) is 12.4 Å². The number of hydrogen-bond donors (Lipinski definition) is 1. The van der Waals surface area contributed by atoms with E-state index in [0.29, 0.717) is 13.0 Å². The molecule has 5 nitrogen and oxygen atoms in total. The van der Waals surface area contributed by atoms with Crippen molar-refractivity contribution in [1.29, 1.82) is 0 Å². The maximum Gasteiger partial charge on any atom is 0.223 e. The van der Waals surface area contributed by atoms with E-state index >= 15 is 0 Å². The zero-order valence-electron chi connectivity index (χ0n) is 10.2. The Bertz CT molecular complexity index is 334. The highest BCUT2D eigenvalue weighted by molar-refractivity contribution is 5.76. The van der Waals surface area contributed by atoms with Crippen molar-refractivity contribution in [3.63, 3.8) is 0 Å². The smallest absolute Gasteiger partial charge is 0.223 e. The molecule has 0 aliphatic carbocycles.